The summed E-state index contributed by atoms with van der Waals surface area (Å²) in [5, 5.41) is 0. The van der Waals surface area contributed by atoms with E-state index in [-0.39, 0.29) is 0 Å². The molecule has 0 saturated heterocycles. The van der Waals surface area contributed by atoms with Crippen molar-refractivity contribution in [2.24, 2.45) is 0 Å². The van der Waals surface area contributed by atoms with Gasteiger partial charge in [-0.2, -0.15) is 0 Å². The van der Waals surface area contributed by atoms with Crippen LogP contribution >= 0.6 is 0 Å². The van der Waals surface area contributed by atoms with Crippen LogP contribution in [-0.4, -0.2) is 0 Å². The van der Waals surface area contributed by atoms with Gasteiger partial charge in [-0.25, -0.2) is 0 Å². The Labute approximate surface area is 150 Å². The van der Waals surface area contributed by atoms with Crippen LogP contribution < -0.4 is 0 Å². The average molecular weight is 322 g/mol. The van der Waals surface area contributed by atoms with Gasteiger partial charge in [0.1, 0.15) is 0 Å². The summed E-state index contributed by atoms with van der Waals surface area (Å²) < 4.78 is 0. The van der Waals surface area contributed by atoms with E-state index in [4.69, 9.17) is 0 Å². The number of benzene rings is 4. The van der Waals surface area contributed by atoms with Crippen molar-refractivity contribution < 1.29 is 0 Å². The molecule has 0 aliphatic heterocycles. The second-order valence-corrected chi connectivity index (χ2v) is 5.96. The van der Waals surface area contributed by atoms with Gasteiger partial charge in [0.15, 0.2) is 0 Å². The number of hydrogen-bond acceptors (Lipinski definition) is 0. The topological polar surface area (TPSA) is 0 Å². The molecule has 4 aromatic carbocycles. The van der Waals surface area contributed by atoms with Crippen LogP contribution in [0.5, 0.6) is 0 Å². The Morgan fingerprint density at radius 2 is 0.600 bits per heavy atom. The highest BCUT2D eigenvalue weighted by Gasteiger charge is 1.98. The van der Waals surface area contributed by atoms with E-state index in [9.17, 15) is 0 Å². The molecule has 4 rings (SSSR count). The fourth-order valence-electron chi connectivity index (χ4n) is 2.65. The van der Waals surface area contributed by atoms with Crippen molar-refractivity contribution in [1.82, 2.24) is 0 Å². The van der Waals surface area contributed by atoms with Crippen LogP contribution in [0.3, 0.4) is 0 Å². The number of rotatable bonds is 2. The molecule has 0 amide bonds. The van der Waals surface area contributed by atoms with Gasteiger partial charge in [0.25, 0.3) is 0 Å². The van der Waals surface area contributed by atoms with Crippen LogP contribution in [0.4, 0.5) is 0 Å². The first kappa shape index (κ1) is 16.7. The molecular weight excluding hydrogens is 300 g/mol. The van der Waals surface area contributed by atoms with Crippen molar-refractivity contribution in [3.05, 3.63) is 121 Å². The summed E-state index contributed by atoms with van der Waals surface area (Å²) in [5.74, 6) is 0. The fourth-order valence-corrected chi connectivity index (χ4v) is 2.65. The zero-order chi connectivity index (χ0) is 17.3. The van der Waals surface area contributed by atoms with Gasteiger partial charge in [-0.1, -0.05) is 121 Å². The third-order valence-electron chi connectivity index (χ3n) is 4.04. The summed E-state index contributed by atoms with van der Waals surface area (Å²) in [6.45, 7) is 2.08. The molecule has 0 N–H and O–H groups in total. The van der Waals surface area contributed by atoms with Gasteiger partial charge >= 0.3 is 0 Å². The van der Waals surface area contributed by atoms with E-state index >= 15 is 0 Å². The zero-order valence-corrected chi connectivity index (χ0v) is 14.5. The van der Waals surface area contributed by atoms with Crippen molar-refractivity contribution >= 4 is 0 Å². The minimum absolute atomic E-state index is 1.26. The van der Waals surface area contributed by atoms with Gasteiger partial charge < -0.3 is 0 Å². The summed E-state index contributed by atoms with van der Waals surface area (Å²) >= 11 is 0. The highest BCUT2D eigenvalue weighted by Crippen LogP contribution is 2.24. The molecule has 0 atom stereocenters. The maximum atomic E-state index is 2.18. The molecule has 0 aromatic heterocycles. The summed E-state index contributed by atoms with van der Waals surface area (Å²) in [7, 11) is 0. The Hall–Kier alpha value is -3.12. The van der Waals surface area contributed by atoms with Crippen LogP contribution in [-0.2, 0) is 0 Å². The molecule has 0 heteroatoms. The lowest BCUT2D eigenvalue weighted by atomic mass is 10.0. The summed E-state index contributed by atoms with van der Waals surface area (Å²) in [4.78, 5) is 0. The van der Waals surface area contributed by atoms with Crippen molar-refractivity contribution in [3.63, 3.8) is 0 Å². The molecule has 4 aromatic rings. The smallest absolute Gasteiger partial charge is 0.0184 e. The summed E-state index contributed by atoms with van der Waals surface area (Å²) in [6.07, 6.45) is 0. The van der Waals surface area contributed by atoms with E-state index in [0.29, 0.717) is 0 Å². The number of hydrogen-bond donors (Lipinski definition) is 0. The van der Waals surface area contributed by atoms with E-state index < -0.39 is 0 Å². The lowest BCUT2D eigenvalue weighted by Crippen LogP contribution is -1.79. The van der Waals surface area contributed by atoms with Crippen molar-refractivity contribution in [2.45, 2.75) is 6.92 Å². The molecule has 122 valence electrons. The van der Waals surface area contributed by atoms with Crippen molar-refractivity contribution in [1.29, 1.82) is 0 Å². The number of aryl methyl sites for hydroxylation is 1. The molecule has 25 heavy (non-hydrogen) atoms. The molecule has 0 radical (unpaired) electrons. The van der Waals surface area contributed by atoms with Gasteiger partial charge in [-0.15, -0.1) is 0 Å². The molecular formula is C25H22. The van der Waals surface area contributed by atoms with Crippen LogP contribution in [0.1, 0.15) is 5.56 Å². The normalized spacial score (nSPS) is 9.80. The van der Waals surface area contributed by atoms with E-state index in [2.05, 4.69) is 91.9 Å². The van der Waals surface area contributed by atoms with Gasteiger partial charge in [0.05, 0.1) is 0 Å². The molecule has 0 unspecified atom stereocenters. The predicted molar refractivity (Wildman–Crippen MR) is 108 cm³/mol. The lowest BCUT2D eigenvalue weighted by Gasteiger charge is -2.04. The minimum atomic E-state index is 1.26. The second-order valence-electron chi connectivity index (χ2n) is 5.96. The van der Waals surface area contributed by atoms with E-state index in [1.807, 2.05) is 30.3 Å². The van der Waals surface area contributed by atoms with Crippen LogP contribution in [0.2, 0.25) is 0 Å². The Morgan fingerprint density at radius 1 is 0.320 bits per heavy atom. The van der Waals surface area contributed by atoms with Crippen LogP contribution in [0.15, 0.2) is 115 Å². The lowest BCUT2D eigenvalue weighted by molar-refractivity contribution is 1.48. The highest BCUT2D eigenvalue weighted by molar-refractivity contribution is 5.70. The molecule has 0 heterocycles. The first-order valence-corrected chi connectivity index (χ1v) is 8.55. The fraction of sp³-hybridized carbons (Fsp3) is 0.0400. The monoisotopic (exact) mass is 322 g/mol. The zero-order valence-electron chi connectivity index (χ0n) is 14.5. The Morgan fingerprint density at radius 3 is 0.880 bits per heavy atom. The average Bonchev–Trinajstić information content (AvgIpc) is 2.71. The van der Waals surface area contributed by atoms with Gasteiger partial charge in [-0.3, -0.25) is 0 Å². The third-order valence-corrected chi connectivity index (χ3v) is 4.04. The Balaban J connectivity index is 0.000000219. The van der Waals surface area contributed by atoms with Crippen LogP contribution in [0, 0.1) is 6.92 Å². The highest BCUT2D eigenvalue weighted by atomic mass is 14.0. The predicted octanol–water partition coefficient (Wildman–Crippen LogP) is 7.02. The quantitative estimate of drug-likeness (QED) is 0.372. The van der Waals surface area contributed by atoms with Gasteiger partial charge in [-0.05, 0) is 29.2 Å². The maximum Gasteiger partial charge on any atom is -0.0184 e. The van der Waals surface area contributed by atoms with E-state index in [0.717, 1.165) is 0 Å². The SMILES string of the molecule is Cc1ccccc1.c1ccc(-c2ccc(-c3ccccc3)cc2)cc1. The van der Waals surface area contributed by atoms with Gasteiger partial charge in [0, 0.05) is 0 Å². The first-order valence-electron chi connectivity index (χ1n) is 8.55. The Kier molecular flexibility index (Phi) is 5.79. The maximum absolute atomic E-state index is 2.18. The molecule has 0 fully saturated rings. The largest absolute Gasteiger partial charge is 0.0622 e. The molecule has 0 bridgehead atoms. The van der Waals surface area contributed by atoms with Crippen molar-refractivity contribution in [3.8, 4) is 22.3 Å². The molecule has 0 aliphatic rings. The molecule has 0 nitrogen and oxygen atoms in total. The summed E-state index contributed by atoms with van der Waals surface area (Å²) in [6, 6.07) is 39.9. The van der Waals surface area contributed by atoms with Crippen molar-refractivity contribution in [2.75, 3.05) is 0 Å². The standard InChI is InChI=1S/C18H14.C7H8/c1-3-7-15(8-4-1)17-11-13-18(14-12-17)16-9-5-2-6-10-16;1-7-5-3-2-4-6-7/h1-14H;2-6H,1H3. The van der Waals surface area contributed by atoms with E-state index in [1.54, 1.807) is 0 Å². The minimum Gasteiger partial charge on any atom is -0.0622 e. The summed E-state index contributed by atoms with van der Waals surface area (Å²) in [5.41, 5.74) is 6.36. The second kappa shape index (κ2) is 8.65. The Bertz CT molecular complexity index is 803. The molecule has 0 aliphatic carbocycles. The third kappa shape index (κ3) is 4.92. The van der Waals surface area contributed by atoms with E-state index in [1.165, 1.54) is 27.8 Å². The first-order chi connectivity index (χ1) is 12.3. The molecule has 0 saturated carbocycles. The molecule has 0 spiro atoms. The van der Waals surface area contributed by atoms with Crippen LogP contribution in [0.25, 0.3) is 22.3 Å². The van der Waals surface area contributed by atoms with Gasteiger partial charge in [0.2, 0.25) is 0 Å².